The van der Waals surface area contributed by atoms with E-state index in [2.05, 4.69) is 0 Å². The van der Waals surface area contributed by atoms with Crippen LogP contribution in [0.4, 0.5) is 21.0 Å². The molecule has 3 aromatic rings. The molecule has 328 valence electrons. The molecule has 2 aliphatic rings. The van der Waals surface area contributed by atoms with Crippen molar-refractivity contribution in [2.24, 2.45) is 9.98 Å². The van der Waals surface area contributed by atoms with Crippen molar-refractivity contribution in [2.45, 2.75) is 52.7 Å². The minimum Gasteiger partial charge on any atom is -0.440 e. The lowest BCUT2D eigenvalue weighted by atomic mass is 10.1. The van der Waals surface area contributed by atoms with Crippen molar-refractivity contribution < 1.29 is 47.6 Å². The van der Waals surface area contributed by atoms with Crippen molar-refractivity contribution in [1.29, 1.82) is 0 Å². The van der Waals surface area contributed by atoms with Crippen LogP contribution in [0.5, 0.6) is 0 Å². The lowest BCUT2D eigenvalue weighted by molar-refractivity contribution is -0.0471. The minimum atomic E-state index is -1.25. The number of hydrogen-bond donors (Lipinski definition) is 0. The number of rotatable bonds is 14. The van der Waals surface area contributed by atoms with Gasteiger partial charge in [-0.25, -0.2) is 19.6 Å². The molecular weight excluding hydrogens is 945 g/mol. The number of amidine groups is 2. The molecule has 0 saturated carbocycles. The van der Waals surface area contributed by atoms with E-state index in [9.17, 15) is 19.2 Å². The first-order chi connectivity index (χ1) is 28.6. The quantitative estimate of drug-likeness (QED) is 0.0866. The molecule has 0 spiro atoms. The van der Waals surface area contributed by atoms with Gasteiger partial charge in [-0.2, -0.15) is 9.80 Å². The second-order valence-electron chi connectivity index (χ2n) is 14.7. The average molecular weight is 984 g/mol. The largest absolute Gasteiger partial charge is 0.440 e. The summed E-state index contributed by atoms with van der Waals surface area (Å²) in [6.07, 6.45) is -2.26. The monoisotopic (exact) mass is 980 g/mol. The van der Waals surface area contributed by atoms with E-state index in [1.54, 1.807) is 59.7 Å². The molecule has 0 unspecified atom stereocenters. The average Bonchev–Trinajstić information content (AvgIpc) is 3.65. The van der Waals surface area contributed by atoms with Gasteiger partial charge in [0.1, 0.15) is 11.2 Å². The van der Waals surface area contributed by atoms with Crippen LogP contribution in [-0.2, 0) is 28.4 Å². The van der Waals surface area contributed by atoms with Gasteiger partial charge in [0.2, 0.25) is 0 Å². The first-order valence-corrected chi connectivity index (χ1v) is 20.8. The van der Waals surface area contributed by atoms with E-state index in [0.29, 0.717) is 34.1 Å². The molecule has 0 aromatic heterocycles. The van der Waals surface area contributed by atoms with Crippen LogP contribution in [0.1, 0.15) is 70.7 Å². The Bertz CT molecular complexity index is 2210. The number of aliphatic imine (C=N–C) groups is 2. The van der Waals surface area contributed by atoms with Crippen molar-refractivity contribution in [3.8, 4) is 0 Å². The van der Waals surface area contributed by atoms with Crippen LogP contribution < -0.4 is 0 Å². The summed E-state index contributed by atoms with van der Waals surface area (Å²) in [6, 6.07) is 4.66. The van der Waals surface area contributed by atoms with Crippen LogP contribution in [0.15, 0.2) is 28.2 Å². The van der Waals surface area contributed by atoms with Crippen molar-refractivity contribution in [3.63, 3.8) is 0 Å². The number of halogens is 7. The molecule has 0 aliphatic carbocycles. The third-order valence-corrected chi connectivity index (χ3v) is 12.3. The maximum Gasteiger partial charge on any atom is 0.423 e. The summed E-state index contributed by atoms with van der Waals surface area (Å²) in [4.78, 5) is 67.0. The van der Waals surface area contributed by atoms with E-state index >= 15 is 0 Å². The molecule has 4 amide bonds. The molecule has 14 nitrogen and oxygen atoms in total. The fourth-order valence-corrected chi connectivity index (χ4v) is 7.89. The number of nitrogens with zero attached hydrogens (tertiary/aromatic N) is 4. The topological polar surface area (TPSA) is 155 Å². The molecule has 0 fully saturated rings. The summed E-state index contributed by atoms with van der Waals surface area (Å²) in [6.45, 7) is 10.5. The van der Waals surface area contributed by atoms with E-state index < -0.39 is 35.2 Å². The van der Waals surface area contributed by atoms with Crippen molar-refractivity contribution in [3.05, 3.63) is 86.7 Å². The first kappa shape index (κ1) is 48.8. The summed E-state index contributed by atoms with van der Waals surface area (Å²) >= 11 is 46.1. The van der Waals surface area contributed by atoms with Crippen molar-refractivity contribution in [1.82, 2.24) is 9.80 Å². The lowest BCUT2D eigenvalue weighted by Crippen LogP contribution is -2.43. The molecule has 5 rings (SSSR count). The number of carbonyl (C=O) groups is 4. The Hall–Kier alpha value is -3.25. The van der Waals surface area contributed by atoms with E-state index in [1.165, 1.54) is 14.2 Å². The first-order valence-electron chi connectivity index (χ1n) is 18.2. The highest BCUT2D eigenvalue weighted by Gasteiger charge is 2.47. The molecule has 0 saturated heterocycles. The number of fused-ring (bicyclic) bond motifs is 2. The Labute approximate surface area is 386 Å². The summed E-state index contributed by atoms with van der Waals surface area (Å²) in [5.74, 6) is -2.39. The van der Waals surface area contributed by atoms with Crippen LogP contribution in [0, 0.1) is 13.8 Å². The zero-order valence-electron chi connectivity index (χ0n) is 34.0. The third kappa shape index (κ3) is 9.95. The van der Waals surface area contributed by atoms with Gasteiger partial charge in [-0.3, -0.25) is 9.59 Å². The molecule has 3 aromatic carbocycles. The van der Waals surface area contributed by atoms with E-state index in [-0.39, 0.29) is 107 Å². The molecule has 61 heavy (non-hydrogen) atoms. The van der Waals surface area contributed by atoms with E-state index in [1.807, 2.05) is 0 Å². The number of imide groups is 2. The molecule has 0 N–H and O–H groups in total. The molecule has 0 radical (unpaired) electrons. The van der Waals surface area contributed by atoms with Gasteiger partial charge < -0.3 is 28.4 Å². The van der Waals surface area contributed by atoms with Crippen LogP contribution in [0.25, 0.3) is 0 Å². The second kappa shape index (κ2) is 19.6. The summed E-state index contributed by atoms with van der Waals surface area (Å²) in [5.41, 5.74) is -2.10. The lowest BCUT2D eigenvalue weighted by Gasteiger charge is -2.27. The number of methoxy groups -OCH3 is 2. The Morgan fingerprint density at radius 3 is 1.34 bits per heavy atom. The van der Waals surface area contributed by atoms with Gasteiger partial charge in [0.25, 0.3) is 11.8 Å². The van der Waals surface area contributed by atoms with Gasteiger partial charge in [-0.05, 0) is 59.2 Å². The molecule has 2 aliphatic heterocycles. The summed E-state index contributed by atoms with van der Waals surface area (Å²) in [5, 5.41) is -1.03. The standard InChI is InChI=1S/C40H39Cl7N4O10/c1-18-20(48-33-22-24(26(41)19(2)27(42)28(22)43)35(52)50(33)37(54)60-39(3,4)16-58-14-12-56-7)10-9-11-21(18)49-34-23-25(30(45)32(47)31(46)29(23)44)36(53)51(34)38(55)61-40(5,6)17-59-15-13-57-8/h9-11H,12-17H2,1-8H3. The van der Waals surface area contributed by atoms with Crippen LogP contribution >= 0.6 is 81.2 Å². The third-order valence-electron chi connectivity index (χ3n) is 9.10. The molecular formula is C40H39Cl7N4O10. The normalized spacial score (nSPS) is 15.3. The molecule has 21 heteroatoms. The maximum absolute atomic E-state index is 14.1. The highest BCUT2D eigenvalue weighted by atomic mass is 35.5. The highest BCUT2D eigenvalue weighted by molar-refractivity contribution is 6.56. The van der Waals surface area contributed by atoms with Crippen LogP contribution in [-0.4, -0.2) is 111 Å². The number of carbonyl (C=O) groups excluding carboxylic acids is 4. The highest BCUT2D eigenvalue weighted by Crippen LogP contribution is 2.47. The van der Waals surface area contributed by atoms with Crippen molar-refractivity contribution in [2.75, 3.05) is 53.9 Å². The SMILES string of the molecule is COCCOCC(C)(C)OC(=O)N1C(=O)c2c(Cl)c(C)c(Cl)c(Cl)c2C1=Nc1cccc(N=C2c3c(Cl)c(Cl)c(Cl)c(Cl)c3C(=O)N2C(=O)OC(C)(C)COCCOC)c1C. The predicted molar refractivity (Wildman–Crippen MR) is 235 cm³/mol. The molecule has 2 heterocycles. The second-order valence-corrected chi connectivity index (χ2v) is 17.4. The summed E-state index contributed by atoms with van der Waals surface area (Å²) in [7, 11) is 3.03. The Balaban J connectivity index is 1.66. The van der Waals surface area contributed by atoms with Gasteiger partial charge in [-0.15, -0.1) is 0 Å². The Kier molecular flexibility index (Phi) is 15.7. The van der Waals surface area contributed by atoms with Gasteiger partial charge in [0.05, 0.1) is 108 Å². The number of hydrogen-bond acceptors (Lipinski definition) is 12. The maximum atomic E-state index is 14.1. The Morgan fingerprint density at radius 1 is 0.557 bits per heavy atom. The number of ether oxygens (including phenoxy) is 6. The fourth-order valence-electron chi connectivity index (χ4n) is 6.05. The zero-order chi connectivity index (χ0) is 45.3. The fraction of sp³-hybridized carbons (Fsp3) is 0.400. The number of amides is 4. The van der Waals surface area contributed by atoms with Gasteiger partial charge in [0.15, 0.2) is 11.7 Å². The zero-order valence-corrected chi connectivity index (χ0v) is 39.3. The van der Waals surface area contributed by atoms with E-state index in [0.717, 1.165) is 0 Å². The van der Waals surface area contributed by atoms with Crippen LogP contribution in [0.3, 0.4) is 0 Å². The van der Waals surface area contributed by atoms with Crippen LogP contribution in [0.2, 0.25) is 35.2 Å². The number of benzene rings is 3. The smallest absolute Gasteiger partial charge is 0.423 e. The Morgan fingerprint density at radius 2 is 0.934 bits per heavy atom. The minimum absolute atomic E-state index is 0.0273. The molecule has 0 bridgehead atoms. The van der Waals surface area contributed by atoms with Gasteiger partial charge in [0, 0.05) is 19.8 Å². The molecule has 0 atom stereocenters. The predicted octanol–water partition coefficient (Wildman–Crippen LogP) is 11.1. The van der Waals surface area contributed by atoms with Gasteiger partial charge in [-0.1, -0.05) is 87.3 Å². The van der Waals surface area contributed by atoms with E-state index in [4.69, 9.17) is 120 Å². The summed E-state index contributed by atoms with van der Waals surface area (Å²) < 4.78 is 32.7. The van der Waals surface area contributed by atoms with Gasteiger partial charge >= 0.3 is 12.2 Å². The van der Waals surface area contributed by atoms with Crippen molar-refractivity contribution >= 4 is 128 Å².